The summed E-state index contributed by atoms with van der Waals surface area (Å²) in [5.41, 5.74) is 1.95. The van der Waals surface area contributed by atoms with Crippen molar-refractivity contribution in [3.8, 4) is 11.5 Å². The minimum absolute atomic E-state index is 0.254. The Morgan fingerprint density at radius 2 is 2.00 bits per heavy atom. The van der Waals surface area contributed by atoms with Gasteiger partial charge in [0.15, 0.2) is 0 Å². The molecule has 0 amide bonds. The summed E-state index contributed by atoms with van der Waals surface area (Å²) in [6.45, 7) is 2.67. The highest BCUT2D eigenvalue weighted by molar-refractivity contribution is 5.52. The van der Waals surface area contributed by atoms with E-state index in [1.165, 1.54) is 0 Å². The standard InChI is InChI=1S/C20H24N4O2/c1-23-12-9-21-19(23)18(25)15-7-10-24(11-8-15)13-17-14-26-20(22-17)16-5-3-2-4-6-16/h2-6,9,12,14-15,18,25H,7-8,10-11,13H2,1H3/t18-/m0/s1. The molecule has 0 radical (unpaired) electrons. The summed E-state index contributed by atoms with van der Waals surface area (Å²) in [5.74, 6) is 1.68. The van der Waals surface area contributed by atoms with Crippen molar-refractivity contribution in [3.63, 3.8) is 0 Å². The van der Waals surface area contributed by atoms with Gasteiger partial charge in [-0.15, -0.1) is 0 Å². The van der Waals surface area contributed by atoms with Gasteiger partial charge in [0.25, 0.3) is 0 Å². The van der Waals surface area contributed by atoms with Gasteiger partial charge in [0.1, 0.15) is 18.2 Å². The van der Waals surface area contributed by atoms with E-state index in [0.29, 0.717) is 5.89 Å². The van der Waals surface area contributed by atoms with E-state index in [4.69, 9.17) is 4.42 Å². The Balaban J connectivity index is 1.33. The summed E-state index contributed by atoms with van der Waals surface area (Å²) >= 11 is 0. The fourth-order valence-corrected chi connectivity index (χ4v) is 3.62. The Labute approximate surface area is 153 Å². The predicted octanol–water partition coefficient (Wildman–Crippen LogP) is 3.02. The first-order chi connectivity index (χ1) is 12.7. The van der Waals surface area contributed by atoms with Crippen LogP contribution in [0.5, 0.6) is 0 Å². The van der Waals surface area contributed by atoms with Crippen molar-refractivity contribution in [2.24, 2.45) is 13.0 Å². The quantitative estimate of drug-likeness (QED) is 0.764. The maximum absolute atomic E-state index is 10.6. The van der Waals surface area contributed by atoms with E-state index in [1.54, 1.807) is 12.5 Å². The van der Waals surface area contributed by atoms with E-state index in [9.17, 15) is 5.11 Å². The Morgan fingerprint density at radius 1 is 1.23 bits per heavy atom. The predicted molar refractivity (Wildman–Crippen MR) is 98.1 cm³/mol. The van der Waals surface area contributed by atoms with Crippen LogP contribution in [0.15, 0.2) is 53.4 Å². The fraction of sp³-hybridized carbons (Fsp3) is 0.400. The number of likely N-dealkylation sites (tertiary alicyclic amines) is 1. The third kappa shape index (κ3) is 3.57. The average molecular weight is 352 g/mol. The molecule has 1 N–H and O–H groups in total. The molecule has 26 heavy (non-hydrogen) atoms. The molecule has 2 aromatic heterocycles. The molecule has 0 unspecified atom stereocenters. The zero-order valence-corrected chi connectivity index (χ0v) is 15.0. The Bertz CT molecular complexity index is 834. The van der Waals surface area contributed by atoms with Gasteiger partial charge >= 0.3 is 0 Å². The lowest BCUT2D eigenvalue weighted by molar-refractivity contribution is 0.0489. The molecular weight excluding hydrogens is 328 g/mol. The second-order valence-electron chi connectivity index (χ2n) is 6.96. The number of benzene rings is 1. The molecule has 1 saturated heterocycles. The van der Waals surface area contributed by atoms with Crippen LogP contribution >= 0.6 is 0 Å². The minimum atomic E-state index is -0.492. The van der Waals surface area contributed by atoms with Gasteiger partial charge in [0.05, 0.1) is 5.69 Å². The fourth-order valence-electron chi connectivity index (χ4n) is 3.62. The third-order valence-corrected chi connectivity index (χ3v) is 5.16. The highest BCUT2D eigenvalue weighted by Crippen LogP contribution is 2.30. The molecule has 6 heteroatoms. The van der Waals surface area contributed by atoms with Gasteiger partial charge in [-0.2, -0.15) is 0 Å². The number of oxazole rings is 1. The molecule has 1 aliphatic heterocycles. The second-order valence-corrected chi connectivity index (χ2v) is 6.96. The number of hydrogen-bond donors (Lipinski definition) is 1. The summed E-state index contributed by atoms with van der Waals surface area (Å²) in [6.07, 6.45) is 6.78. The lowest BCUT2D eigenvalue weighted by Crippen LogP contribution is -2.35. The van der Waals surface area contributed by atoms with Crippen molar-refractivity contribution < 1.29 is 9.52 Å². The number of aromatic nitrogens is 3. The van der Waals surface area contributed by atoms with Gasteiger partial charge in [-0.25, -0.2) is 9.97 Å². The van der Waals surface area contributed by atoms with Gasteiger partial charge < -0.3 is 14.1 Å². The van der Waals surface area contributed by atoms with Crippen molar-refractivity contribution in [1.29, 1.82) is 0 Å². The van der Waals surface area contributed by atoms with Gasteiger partial charge in [-0.05, 0) is 44.0 Å². The zero-order valence-electron chi connectivity index (χ0n) is 15.0. The smallest absolute Gasteiger partial charge is 0.226 e. The molecule has 3 aromatic rings. The first-order valence-electron chi connectivity index (χ1n) is 9.08. The molecule has 0 saturated carbocycles. The van der Waals surface area contributed by atoms with Gasteiger partial charge in [-0.3, -0.25) is 4.90 Å². The normalized spacial score (nSPS) is 17.5. The monoisotopic (exact) mass is 352 g/mol. The van der Waals surface area contributed by atoms with Crippen LogP contribution in [-0.2, 0) is 13.6 Å². The molecule has 1 aliphatic rings. The molecule has 1 fully saturated rings. The third-order valence-electron chi connectivity index (χ3n) is 5.16. The van der Waals surface area contributed by atoms with Gasteiger partial charge in [0.2, 0.25) is 5.89 Å². The molecule has 0 aliphatic carbocycles. The molecule has 0 spiro atoms. The van der Waals surface area contributed by atoms with Crippen molar-refractivity contribution in [2.75, 3.05) is 13.1 Å². The number of nitrogens with zero attached hydrogens (tertiary/aromatic N) is 4. The van der Waals surface area contributed by atoms with Crippen molar-refractivity contribution in [3.05, 3.63) is 60.5 Å². The van der Waals surface area contributed by atoms with Crippen LogP contribution < -0.4 is 0 Å². The van der Waals surface area contributed by atoms with Crippen LogP contribution in [0.25, 0.3) is 11.5 Å². The SMILES string of the molecule is Cn1ccnc1[C@@H](O)C1CCN(Cc2coc(-c3ccccc3)n2)CC1. The number of rotatable bonds is 5. The van der Waals surface area contributed by atoms with Crippen molar-refractivity contribution >= 4 is 0 Å². The Hall–Kier alpha value is -2.44. The highest BCUT2D eigenvalue weighted by Gasteiger charge is 2.28. The zero-order chi connectivity index (χ0) is 17.9. The summed E-state index contributed by atoms with van der Waals surface area (Å²) in [4.78, 5) is 11.3. The van der Waals surface area contributed by atoms with Crippen LogP contribution in [0.2, 0.25) is 0 Å². The summed E-state index contributed by atoms with van der Waals surface area (Å²) in [5, 5.41) is 10.6. The van der Waals surface area contributed by atoms with Crippen molar-refractivity contribution in [2.45, 2.75) is 25.5 Å². The molecule has 1 aromatic carbocycles. The molecule has 6 nitrogen and oxygen atoms in total. The van der Waals surface area contributed by atoms with E-state index in [0.717, 1.165) is 49.6 Å². The number of aryl methyl sites for hydroxylation is 1. The largest absolute Gasteiger partial charge is 0.444 e. The highest BCUT2D eigenvalue weighted by atomic mass is 16.3. The van der Waals surface area contributed by atoms with Crippen LogP contribution in [0.1, 0.15) is 30.5 Å². The van der Waals surface area contributed by atoms with Gasteiger partial charge in [0, 0.05) is 31.5 Å². The molecular formula is C20H24N4O2. The number of aliphatic hydroxyl groups is 1. The molecule has 1 atom stereocenters. The number of aliphatic hydroxyl groups excluding tert-OH is 1. The van der Waals surface area contributed by atoms with E-state index in [-0.39, 0.29) is 5.92 Å². The Kier molecular flexibility index (Phi) is 4.86. The van der Waals surface area contributed by atoms with Gasteiger partial charge in [-0.1, -0.05) is 18.2 Å². The average Bonchev–Trinajstić information content (AvgIpc) is 3.32. The lowest BCUT2D eigenvalue weighted by atomic mass is 9.90. The molecule has 4 rings (SSSR count). The Morgan fingerprint density at radius 3 is 2.69 bits per heavy atom. The first kappa shape index (κ1) is 17.0. The summed E-state index contributed by atoms with van der Waals surface area (Å²) < 4.78 is 7.53. The number of piperidine rings is 1. The topological polar surface area (TPSA) is 67.3 Å². The van der Waals surface area contributed by atoms with E-state index >= 15 is 0 Å². The van der Waals surface area contributed by atoms with E-state index < -0.39 is 6.10 Å². The molecule has 0 bridgehead atoms. The first-order valence-corrected chi connectivity index (χ1v) is 9.08. The molecule has 136 valence electrons. The summed E-state index contributed by atoms with van der Waals surface area (Å²) in [7, 11) is 1.93. The van der Waals surface area contributed by atoms with E-state index in [2.05, 4.69) is 14.9 Å². The van der Waals surface area contributed by atoms with Crippen molar-refractivity contribution in [1.82, 2.24) is 19.4 Å². The molecule has 3 heterocycles. The van der Waals surface area contributed by atoms with Crippen LogP contribution in [-0.4, -0.2) is 37.6 Å². The van der Waals surface area contributed by atoms with Crippen LogP contribution in [0.4, 0.5) is 0 Å². The number of hydrogen-bond acceptors (Lipinski definition) is 5. The van der Waals surface area contributed by atoms with Crippen LogP contribution in [0, 0.1) is 5.92 Å². The maximum Gasteiger partial charge on any atom is 0.226 e. The van der Waals surface area contributed by atoms with Crippen LogP contribution in [0.3, 0.4) is 0 Å². The number of imidazole rings is 1. The lowest BCUT2D eigenvalue weighted by Gasteiger charge is -2.33. The minimum Gasteiger partial charge on any atom is -0.444 e. The summed E-state index contributed by atoms with van der Waals surface area (Å²) in [6, 6.07) is 9.95. The maximum atomic E-state index is 10.6. The van der Waals surface area contributed by atoms with E-state index in [1.807, 2.05) is 48.1 Å². The second kappa shape index (κ2) is 7.43.